The normalized spacial score (nSPS) is 16.8. The van der Waals surface area contributed by atoms with E-state index in [0.717, 1.165) is 17.1 Å². The molecule has 0 aliphatic heterocycles. The maximum Gasteiger partial charge on any atom is 0.407 e. The van der Waals surface area contributed by atoms with Crippen LogP contribution < -0.4 is 5.32 Å². The van der Waals surface area contributed by atoms with E-state index in [1.165, 1.54) is 23.7 Å². The lowest BCUT2D eigenvalue weighted by atomic mass is 9.68. The molecule has 1 aliphatic carbocycles. The minimum atomic E-state index is -0.475. The van der Waals surface area contributed by atoms with Crippen LogP contribution in [-0.4, -0.2) is 43.9 Å². The molecule has 0 saturated heterocycles. The molecule has 2 heterocycles. The molecule has 2 aromatic heterocycles. The number of hydrogen-bond donors (Lipinski definition) is 1. The van der Waals surface area contributed by atoms with Crippen molar-refractivity contribution in [3.63, 3.8) is 0 Å². The third-order valence-electron chi connectivity index (χ3n) is 5.19. The molecular weight excluding hydrogens is 541 g/mol. The molecular formula is C25H28Cl3N5O2S. The molecule has 1 unspecified atom stereocenters. The Hall–Kier alpha value is -2.13. The van der Waals surface area contributed by atoms with E-state index in [4.69, 9.17) is 39.5 Å². The van der Waals surface area contributed by atoms with Gasteiger partial charge in [0, 0.05) is 24.4 Å². The van der Waals surface area contributed by atoms with Gasteiger partial charge >= 0.3 is 6.09 Å². The Morgan fingerprint density at radius 3 is 2.36 bits per heavy atom. The molecule has 7 nitrogen and oxygen atoms in total. The standard InChI is InChI=1S/C14H12Cl2N2.C11H16ClN3O2S/c15-13-8-12(17-14(16)18-13)11-7-6-10(11)9-4-2-1-3-5-9;1-11(2,3)17-10(16)14-6-7-18-8-4-5-13-9(12)15-8/h1-5,8,10-11H,6-7H2;4-5H,6-7H2,1-3H3,(H,14,16)/t10?,11-;/m0./s1. The number of carbonyl (C=O) groups is 1. The second-order valence-electron chi connectivity index (χ2n) is 9.03. The molecule has 1 N–H and O–H groups in total. The Morgan fingerprint density at radius 2 is 1.75 bits per heavy atom. The number of hydrogen-bond acceptors (Lipinski definition) is 7. The number of rotatable bonds is 6. The predicted octanol–water partition coefficient (Wildman–Crippen LogP) is 7.19. The summed E-state index contributed by atoms with van der Waals surface area (Å²) in [5, 5.41) is 4.32. The molecule has 4 rings (SSSR count). The third kappa shape index (κ3) is 9.39. The first-order valence-corrected chi connectivity index (χ1v) is 13.6. The minimum Gasteiger partial charge on any atom is -0.444 e. The third-order valence-corrected chi connectivity index (χ3v) is 6.67. The Kier molecular flexibility index (Phi) is 10.6. The van der Waals surface area contributed by atoms with E-state index < -0.39 is 11.7 Å². The van der Waals surface area contributed by atoms with Gasteiger partial charge in [0.1, 0.15) is 15.8 Å². The molecule has 1 saturated carbocycles. The number of nitrogens with zero attached hydrogens (tertiary/aromatic N) is 4. The van der Waals surface area contributed by atoms with E-state index in [2.05, 4.69) is 49.5 Å². The quantitative estimate of drug-likeness (QED) is 0.146. The zero-order valence-electron chi connectivity index (χ0n) is 20.2. The summed E-state index contributed by atoms with van der Waals surface area (Å²) in [6.45, 7) is 5.97. The molecule has 1 aromatic carbocycles. The smallest absolute Gasteiger partial charge is 0.407 e. The molecule has 1 fully saturated rings. The summed E-state index contributed by atoms with van der Waals surface area (Å²) in [6, 6.07) is 14.1. The highest BCUT2D eigenvalue weighted by atomic mass is 35.5. The highest BCUT2D eigenvalue weighted by Gasteiger charge is 2.34. The first kappa shape index (κ1) is 28.4. The highest BCUT2D eigenvalue weighted by molar-refractivity contribution is 7.99. The number of aromatic nitrogens is 4. The van der Waals surface area contributed by atoms with Gasteiger partial charge in [-0.05, 0) is 80.4 Å². The van der Waals surface area contributed by atoms with Gasteiger partial charge in [-0.2, -0.15) is 0 Å². The number of thioether (sulfide) groups is 1. The SMILES string of the molecule is CC(C)(C)OC(=O)NCCSc1ccnc(Cl)n1.Clc1cc([C@H]2CCC2c2ccccc2)nc(Cl)n1. The Balaban J connectivity index is 0.000000201. The fourth-order valence-corrected chi connectivity index (χ4v) is 4.91. The van der Waals surface area contributed by atoms with E-state index in [9.17, 15) is 4.79 Å². The fraction of sp³-hybridized carbons (Fsp3) is 0.400. The largest absolute Gasteiger partial charge is 0.444 e. The molecule has 192 valence electrons. The van der Waals surface area contributed by atoms with E-state index in [-0.39, 0.29) is 10.6 Å². The van der Waals surface area contributed by atoms with Crippen LogP contribution in [0.2, 0.25) is 15.7 Å². The van der Waals surface area contributed by atoms with Crippen molar-refractivity contribution in [2.24, 2.45) is 0 Å². The molecule has 3 aromatic rings. The Labute approximate surface area is 230 Å². The molecule has 0 bridgehead atoms. The average Bonchev–Trinajstić information content (AvgIpc) is 2.75. The van der Waals surface area contributed by atoms with Crippen molar-refractivity contribution >= 4 is 52.7 Å². The van der Waals surface area contributed by atoms with Crippen LogP contribution in [0, 0.1) is 0 Å². The number of amides is 1. The number of halogens is 3. The van der Waals surface area contributed by atoms with Crippen LogP contribution in [0.25, 0.3) is 0 Å². The van der Waals surface area contributed by atoms with E-state index >= 15 is 0 Å². The molecule has 0 spiro atoms. The van der Waals surface area contributed by atoms with Crippen molar-refractivity contribution in [2.45, 2.75) is 56.1 Å². The first-order valence-electron chi connectivity index (χ1n) is 11.4. The van der Waals surface area contributed by atoms with Crippen molar-refractivity contribution in [3.05, 3.63) is 75.6 Å². The summed E-state index contributed by atoms with van der Waals surface area (Å²) in [5.41, 5.74) is 1.84. The number of carbonyl (C=O) groups excluding carboxylic acids is 1. The van der Waals surface area contributed by atoms with Crippen LogP contribution in [0.4, 0.5) is 4.79 Å². The van der Waals surface area contributed by atoms with E-state index in [1.54, 1.807) is 12.3 Å². The van der Waals surface area contributed by atoms with E-state index in [1.807, 2.05) is 32.9 Å². The van der Waals surface area contributed by atoms with Crippen LogP contribution in [0.1, 0.15) is 56.7 Å². The Bertz CT molecular complexity index is 1130. The number of ether oxygens (including phenoxy) is 1. The zero-order chi connectivity index (χ0) is 26.1. The maximum absolute atomic E-state index is 11.3. The Morgan fingerprint density at radius 1 is 1.03 bits per heavy atom. The molecule has 1 aliphatic rings. The molecule has 11 heteroatoms. The van der Waals surface area contributed by atoms with Gasteiger partial charge in [-0.25, -0.2) is 24.7 Å². The van der Waals surface area contributed by atoms with Gasteiger partial charge in [0.15, 0.2) is 0 Å². The lowest BCUT2D eigenvalue weighted by Crippen LogP contribution is -2.33. The summed E-state index contributed by atoms with van der Waals surface area (Å²) in [4.78, 5) is 27.3. The highest BCUT2D eigenvalue weighted by Crippen LogP contribution is 2.48. The monoisotopic (exact) mass is 567 g/mol. The predicted molar refractivity (Wildman–Crippen MR) is 145 cm³/mol. The number of alkyl carbamates (subject to hydrolysis) is 1. The van der Waals surface area contributed by atoms with Crippen LogP contribution >= 0.6 is 46.6 Å². The van der Waals surface area contributed by atoms with Gasteiger partial charge in [-0.3, -0.25) is 0 Å². The van der Waals surface area contributed by atoms with Gasteiger partial charge in [-0.1, -0.05) is 41.9 Å². The van der Waals surface area contributed by atoms with Gasteiger partial charge in [0.05, 0.1) is 5.69 Å². The van der Waals surface area contributed by atoms with Crippen molar-refractivity contribution in [3.8, 4) is 0 Å². The van der Waals surface area contributed by atoms with E-state index in [0.29, 0.717) is 29.3 Å². The lowest BCUT2D eigenvalue weighted by molar-refractivity contribution is 0.0531. The van der Waals surface area contributed by atoms with Crippen molar-refractivity contribution < 1.29 is 9.53 Å². The lowest BCUT2D eigenvalue weighted by Gasteiger charge is -2.36. The molecule has 1 amide bonds. The topological polar surface area (TPSA) is 89.9 Å². The fourth-order valence-electron chi connectivity index (χ4n) is 3.57. The summed E-state index contributed by atoms with van der Waals surface area (Å²) >= 11 is 18.9. The summed E-state index contributed by atoms with van der Waals surface area (Å²) in [7, 11) is 0. The van der Waals surface area contributed by atoms with Crippen molar-refractivity contribution in [1.29, 1.82) is 0 Å². The van der Waals surface area contributed by atoms with Crippen LogP contribution in [0.3, 0.4) is 0 Å². The van der Waals surface area contributed by atoms with Crippen LogP contribution in [0.15, 0.2) is 53.7 Å². The molecule has 2 atom stereocenters. The van der Waals surface area contributed by atoms with Gasteiger partial charge < -0.3 is 10.1 Å². The second kappa shape index (κ2) is 13.4. The molecule has 0 radical (unpaired) electrons. The van der Waals surface area contributed by atoms with Crippen molar-refractivity contribution in [2.75, 3.05) is 12.3 Å². The minimum absolute atomic E-state index is 0.222. The second-order valence-corrected chi connectivity index (χ2v) is 11.2. The first-order chi connectivity index (χ1) is 17.1. The van der Waals surface area contributed by atoms with Crippen LogP contribution in [0.5, 0.6) is 0 Å². The van der Waals surface area contributed by atoms with Crippen LogP contribution in [-0.2, 0) is 4.74 Å². The summed E-state index contributed by atoms with van der Waals surface area (Å²) in [6.07, 6.45) is 3.50. The number of nitrogens with one attached hydrogen (secondary N) is 1. The number of benzene rings is 1. The molecule has 36 heavy (non-hydrogen) atoms. The van der Waals surface area contributed by atoms with Crippen molar-refractivity contribution in [1.82, 2.24) is 25.3 Å². The van der Waals surface area contributed by atoms with Gasteiger partial charge in [-0.15, -0.1) is 11.8 Å². The average molecular weight is 569 g/mol. The van der Waals surface area contributed by atoms with Gasteiger partial charge in [0.25, 0.3) is 0 Å². The van der Waals surface area contributed by atoms with Gasteiger partial charge in [0.2, 0.25) is 10.6 Å². The summed E-state index contributed by atoms with van der Waals surface area (Å²) in [5.74, 6) is 1.62. The zero-order valence-corrected chi connectivity index (χ0v) is 23.3. The maximum atomic E-state index is 11.3. The summed E-state index contributed by atoms with van der Waals surface area (Å²) < 4.78 is 5.10.